The molecule has 1 N–H and O–H groups in total. The molecule has 2 rings (SSSR count). The molecule has 0 bridgehead atoms. The van der Waals surface area contributed by atoms with E-state index in [2.05, 4.69) is 10.1 Å². The second-order valence-corrected chi connectivity index (χ2v) is 4.48. The van der Waals surface area contributed by atoms with E-state index in [-0.39, 0.29) is 11.8 Å². The van der Waals surface area contributed by atoms with Crippen molar-refractivity contribution in [2.75, 3.05) is 6.54 Å². The van der Waals surface area contributed by atoms with Crippen molar-refractivity contribution in [1.82, 2.24) is 5.32 Å². The average Bonchev–Trinajstić information content (AvgIpc) is 2.55. The van der Waals surface area contributed by atoms with Crippen LogP contribution in [0.3, 0.4) is 0 Å². The monoisotopic (exact) mass is 259 g/mol. The van der Waals surface area contributed by atoms with E-state index in [4.69, 9.17) is 0 Å². The summed E-state index contributed by atoms with van der Waals surface area (Å²) < 4.78 is 40.4. The van der Waals surface area contributed by atoms with E-state index in [1.807, 2.05) is 6.07 Å². The molecular formula is C13H16F3NO. The maximum Gasteiger partial charge on any atom is 0.573 e. The summed E-state index contributed by atoms with van der Waals surface area (Å²) in [4.78, 5) is 0. The fourth-order valence-electron chi connectivity index (χ4n) is 2.24. The van der Waals surface area contributed by atoms with Gasteiger partial charge in [0, 0.05) is 6.04 Å². The topological polar surface area (TPSA) is 21.3 Å². The highest BCUT2D eigenvalue weighted by atomic mass is 19.4. The molecule has 1 fully saturated rings. The molecular weight excluding hydrogens is 243 g/mol. The molecule has 1 heterocycles. The zero-order chi connectivity index (χ0) is 13.0. The van der Waals surface area contributed by atoms with Crippen molar-refractivity contribution >= 4 is 0 Å². The van der Waals surface area contributed by atoms with Gasteiger partial charge in [0.15, 0.2) is 0 Å². The summed E-state index contributed by atoms with van der Waals surface area (Å²) in [6.07, 6.45) is -0.287. The van der Waals surface area contributed by atoms with Crippen molar-refractivity contribution in [1.29, 1.82) is 0 Å². The molecule has 1 atom stereocenters. The van der Waals surface area contributed by atoms with Crippen molar-refractivity contribution in [3.8, 4) is 5.75 Å². The molecule has 1 aromatic carbocycles. The normalized spacial score (nSPS) is 21.4. The summed E-state index contributed by atoms with van der Waals surface area (Å²) >= 11 is 0. The Morgan fingerprint density at radius 3 is 2.78 bits per heavy atom. The molecule has 2 nitrogen and oxygen atoms in total. The van der Waals surface area contributed by atoms with Crippen LogP contribution in [-0.2, 0) is 0 Å². The van der Waals surface area contributed by atoms with Gasteiger partial charge in [-0.2, -0.15) is 0 Å². The molecule has 0 spiro atoms. The predicted octanol–water partition coefficient (Wildman–Crippen LogP) is 3.79. The van der Waals surface area contributed by atoms with E-state index in [1.54, 1.807) is 6.07 Å². The number of ether oxygens (including phenoxy) is 1. The first-order chi connectivity index (χ1) is 8.54. The second kappa shape index (κ2) is 5.61. The molecule has 0 aromatic heterocycles. The zero-order valence-corrected chi connectivity index (χ0v) is 9.96. The Balaban J connectivity index is 2.10. The lowest BCUT2D eigenvalue weighted by atomic mass is 10.0. The SMILES string of the molecule is FC(F)(F)Oc1cccc(C2CCCCCN2)c1. The Morgan fingerprint density at radius 2 is 2.00 bits per heavy atom. The van der Waals surface area contributed by atoms with Gasteiger partial charge in [-0.3, -0.25) is 0 Å². The van der Waals surface area contributed by atoms with Crippen molar-refractivity contribution in [2.45, 2.75) is 38.1 Å². The lowest BCUT2D eigenvalue weighted by Gasteiger charge is -2.17. The molecule has 1 saturated heterocycles. The van der Waals surface area contributed by atoms with Gasteiger partial charge >= 0.3 is 6.36 Å². The number of halogens is 3. The number of benzene rings is 1. The minimum atomic E-state index is -4.63. The summed E-state index contributed by atoms with van der Waals surface area (Å²) in [6, 6.07) is 6.36. The predicted molar refractivity (Wildman–Crippen MR) is 62.3 cm³/mol. The fourth-order valence-corrected chi connectivity index (χ4v) is 2.24. The highest BCUT2D eigenvalue weighted by Gasteiger charge is 2.31. The van der Waals surface area contributed by atoms with Crippen molar-refractivity contribution < 1.29 is 17.9 Å². The average molecular weight is 259 g/mol. The Hall–Kier alpha value is -1.23. The molecule has 1 aliphatic heterocycles. The maximum absolute atomic E-state index is 12.1. The number of hydrogen-bond donors (Lipinski definition) is 1. The quantitative estimate of drug-likeness (QED) is 0.872. The Morgan fingerprint density at radius 1 is 1.17 bits per heavy atom. The van der Waals surface area contributed by atoms with Crippen LogP contribution in [0.5, 0.6) is 5.75 Å². The molecule has 1 unspecified atom stereocenters. The second-order valence-electron chi connectivity index (χ2n) is 4.48. The van der Waals surface area contributed by atoms with Gasteiger partial charge in [0.2, 0.25) is 0 Å². The third-order valence-electron chi connectivity index (χ3n) is 3.05. The molecule has 0 radical (unpaired) electrons. The van der Waals surface area contributed by atoms with Crippen LogP contribution in [0.1, 0.15) is 37.3 Å². The standard InChI is InChI=1S/C13H16F3NO/c14-13(15,16)18-11-6-4-5-10(9-11)12-7-2-1-3-8-17-12/h4-6,9,12,17H,1-3,7-8H2. The van der Waals surface area contributed by atoms with Gasteiger partial charge < -0.3 is 10.1 Å². The van der Waals surface area contributed by atoms with Crippen LogP contribution in [0.25, 0.3) is 0 Å². The summed E-state index contributed by atoms with van der Waals surface area (Å²) in [5.74, 6) is -0.147. The van der Waals surface area contributed by atoms with E-state index < -0.39 is 6.36 Å². The lowest BCUT2D eigenvalue weighted by molar-refractivity contribution is -0.274. The number of alkyl halides is 3. The van der Waals surface area contributed by atoms with Crippen LogP contribution in [-0.4, -0.2) is 12.9 Å². The highest BCUT2D eigenvalue weighted by molar-refractivity contribution is 5.30. The molecule has 5 heteroatoms. The van der Waals surface area contributed by atoms with E-state index in [0.717, 1.165) is 31.4 Å². The van der Waals surface area contributed by atoms with Crippen molar-refractivity contribution in [2.24, 2.45) is 0 Å². The molecule has 0 aliphatic carbocycles. The van der Waals surface area contributed by atoms with Gasteiger partial charge in [-0.15, -0.1) is 13.2 Å². The van der Waals surface area contributed by atoms with E-state index in [9.17, 15) is 13.2 Å². The number of nitrogens with one attached hydrogen (secondary N) is 1. The van der Waals surface area contributed by atoms with Crippen molar-refractivity contribution in [3.05, 3.63) is 29.8 Å². The molecule has 0 saturated carbocycles. The van der Waals surface area contributed by atoms with Gasteiger partial charge in [0.05, 0.1) is 0 Å². The largest absolute Gasteiger partial charge is 0.573 e. The minimum Gasteiger partial charge on any atom is -0.406 e. The van der Waals surface area contributed by atoms with Gasteiger partial charge in [-0.25, -0.2) is 0 Å². The first kappa shape index (κ1) is 13.2. The van der Waals surface area contributed by atoms with E-state index >= 15 is 0 Å². The van der Waals surface area contributed by atoms with Crippen LogP contribution in [0.2, 0.25) is 0 Å². The third-order valence-corrected chi connectivity index (χ3v) is 3.05. The summed E-state index contributed by atoms with van der Waals surface area (Å²) in [5.41, 5.74) is 0.860. The first-order valence-electron chi connectivity index (χ1n) is 6.14. The minimum absolute atomic E-state index is 0.129. The Bertz CT molecular complexity index is 384. The summed E-state index contributed by atoms with van der Waals surface area (Å²) in [5, 5.41) is 3.35. The van der Waals surface area contributed by atoms with Gasteiger partial charge in [0.25, 0.3) is 0 Å². The smallest absolute Gasteiger partial charge is 0.406 e. The fraction of sp³-hybridized carbons (Fsp3) is 0.538. The molecule has 0 amide bonds. The highest BCUT2D eigenvalue weighted by Crippen LogP contribution is 2.28. The van der Waals surface area contributed by atoms with Crippen LogP contribution in [0, 0.1) is 0 Å². The summed E-state index contributed by atoms with van der Waals surface area (Å²) in [7, 11) is 0. The van der Waals surface area contributed by atoms with Gasteiger partial charge in [0.1, 0.15) is 5.75 Å². The lowest BCUT2D eigenvalue weighted by Crippen LogP contribution is -2.21. The number of rotatable bonds is 2. The first-order valence-corrected chi connectivity index (χ1v) is 6.14. The number of hydrogen-bond acceptors (Lipinski definition) is 2. The van der Waals surface area contributed by atoms with Crippen LogP contribution in [0.15, 0.2) is 24.3 Å². The zero-order valence-electron chi connectivity index (χ0n) is 9.96. The van der Waals surface area contributed by atoms with Crippen LogP contribution in [0.4, 0.5) is 13.2 Å². The summed E-state index contributed by atoms with van der Waals surface area (Å²) in [6.45, 7) is 0.912. The van der Waals surface area contributed by atoms with Gasteiger partial charge in [-0.1, -0.05) is 25.0 Å². The van der Waals surface area contributed by atoms with Crippen LogP contribution >= 0.6 is 0 Å². The molecule has 1 aromatic rings. The molecule has 18 heavy (non-hydrogen) atoms. The van der Waals surface area contributed by atoms with Crippen LogP contribution < -0.4 is 10.1 Å². The Kier molecular flexibility index (Phi) is 4.11. The van der Waals surface area contributed by atoms with E-state index in [0.29, 0.717) is 0 Å². The van der Waals surface area contributed by atoms with Gasteiger partial charge in [-0.05, 0) is 37.1 Å². The molecule has 1 aliphatic rings. The van der Waals surface area contributed by atoms with E-state index in [1.165, 1.54) is 18.6 Å². The third kappa shape index (κ3) is 3.91. The van der Waals surface area contributed by atoms with Crippen molar-refractivity contribution in [3.63, 3.8) is 0 Å². The Labute approximate surface area is 104 Å². The maximum atomic E-state index is 12.1. The molecule has 100 valence electrons.